The van der Waals surface area contributed by atoms with E-state index in [0.29, 0.717) is 25.9 Å². The van der Waals surface area contributed by atoms with Crippen molar-refractivity contribution in [2.24, 2.45) is 5.92 Å². The minimum absolute atomic E-state index is 0.0650. The first kappa shape index (κ1) is 23.3. The summed E-state index contributed by atoms with van der Waals surface area (Å²) in [6.45, 7) is 5.25. The number of sulfonamides is 1. The number of carbonyl (C=O) groups is 1. The normalized spacial score (nSPS) is 17.5. The Bertz CT molecular complexity index is 961. The number of amides is 1. The molecule has 1 heterocycles. The third-order valence-electron chi connectivity index (χ3n) is 5.35. The summed E-state index contributed by atoms with van der Waals surface area (Å²) in [6.07, 6.45) is 3.19. The van der Waals surface area contributed by atoms with Gasteiger partial charge in [0.2, 0.25) is 15.9 Å². The van der Waals surface area contributed by atoms with Gasteiger partial charge in [0.15, 0.2) is 0 Å². The van der Waals surface area contributed by atoms with E-state index in [9.17, 15) is 13.2 Å². The fraction of sp³-hybridized carbons (Fsp3) is 0.458. The second-order valence-corrected chi connectivity index (χ2v) is 10.2. The molecule has 0 aromatic heterocycles. The average molecular weight is 445 g/mol. The summed E-state index contributed by atoms with van der Waals surface area (Å²) in [7, 11) is -3.56. The Morgan fingerprint density at radius 3 is 2.68 bits per heavy atom. The van der Waals surface area contributed by atoms with E-state index in [1.54, 1.807) is 30.3 Å². The molecule has 2 aromatic rings. The number of hydrogen-bond acceptors (Lipinski definition) is 4. The van der Waals surface area contributed by atoms with Crippen LogP contribution in [-0.2, 0) is 21.2 Å². The molecule has 0 saturated carbocycles. The number of carbonyl (C=O) groups excluding carboxylic acids is 1. The molecular weight excluding hydrogens is 412 g/mol. The number of ether oxygens (including phenoxy) is 1. The van der Waals surface area contributed by atoms with Crippen LogP contribution in [0.25, 0.3) is 0 Å². The van der Waals surface area contributed by atoms with Gasteiger partial charge in [0.1, 0.15) is 5.75 Å². The zero-order valence-electron chi connectivity index (χ0n) is 18.3. The van der Waals surface area contributed by atoms with Gasteiger partial charge < -0.3 is 10.1 Å². The fourth-order valence-corrected chi connectivity index (χ4v) is 5.36. The predicted octanol–water partition coefficient (Wildman–Crippen LogP) is 3.62. The molecule has 7 heteroatoms. The molecule has 0 radical (unpaired) electrons. The molecule has 0 bridgehead atoms. The Morgan fingerprint density at radius 2 is 1.94 bits per heavy atom. The van der Waals surface area contributed by atoms with Crippen molar-refractivity contribution in [1.82, 2.24) is 9.62 Å². The highest BCUT2D eigenvalue weighted by Gasteiger charge is 2.33. The number of rotatable bonds is 9. The first-order chi connectivity index (χ1) is 14.9. The van der Waals surface area contributed by atoms with E-state index in [1.165, 1.54) is 9.87 Å². The minimum Gasteiger partial charge on any atom is -0.491 e. The van der Waals surface area contributed by atoms with Gasteiger partial charge in [-0.3, -0.25) is 4.79 Å². The van der Waals surface area contributed by atoms with Gasteiger partial charge in [-0.25, -0.2) is 8.42 Å². The molecule has 2 aromatic carbocycles. The Labute approximate surface area is 185 Å². The minimum atomic E-state index is -3.56. The van der Waals surface area contributed by atoms with Crippen molar-refractivity contribution in [3.05, 3.63) is 60.2 Å². The molecule has 0 aliphatic carbocycles. The molecule has 168 valence electrons. The highest BCUT2D eigenvalue weighted by molar-refractivity contribution is 7.89. The van der Waals surface area contributed by atoms with Crippen molar-refractivity contribution < 1.29 is 17.9 Å². The van der Waals surface area contributed by atoms with Crippen LogP contribution in [0.15, 0.2) is 59.5 Å². The molecule has 1 atom stereocenters. The SMILES string of the molecule is CC(C)Oc1cccc(CCCNC(=O)[C@H]2CCCN(S(=O)(=O)c3ccccc3)C2)c1. The summed E-state index contributed by atoms with van der Waals surface area (Å²) in [5.74, 6) is 0.485. The van der Waals surface area contributed by atoms with Gasteiger partial charge in [0.25, 0.3) is 0 Å². The molecule has 0 spiro atoms. The topological polar surface area (TPSA) is 75.7 Å². The van der Waals surface area contributed by atoms with Crippen molar-refractivity contribution in [2.45, 2.75) is 50.5 Å². The van der Waals surface area contributed by atoms with Crippen LogP contribution in [0.1, 0.15) is 38.7 Å². The average Bonchev–Trinajstić information content (AvgIpc) is 2.77. The summed E-state index contributed by atoms with van der Waals surface area (Å²) >= 11 is 0. The molecule has 1 aliphatic heterocycles. The Balaban J connectivity index is 1.47. The van der Waals surface area contributed by atoms with Crippen LogP contribution in [0.4, 0.5) is 0 Å². The van der Waals surface area contributed by atoms with E-state index in [2.05, 4.69) is 11.4 Å². The maximum atomic E-state index is 12.9. The van der Waals surface area contributed by atoms with E-state index in [4.69, 9.17) is 4.74 Å². The van der Waals surface area contributed by atoms with Gasteiger partial charge in [0, 0.05) is 19.6 Å². The Hall–Kier alpha value is -2.38. The molecule has 1 saturated heterocycles. The highest BCUT2D eigenvalue weighted by Crippen LogP contribution is 2.24. The number of benzene rings is 2. The quantitative estimate of drug-likeness (QED) is 0.600. The lowest BCUT2D eigenvalue weighted by Crippen LogP contribution is -2.45. The van der Waals surface area contributed by atoms with E-state index < -0.39 is 10.0 Å². The molecule has 1 N–H and O–H groups in total. The zero-order valence-corrected chi connectivity index (χ0v) is 19.1. The van der Waals surface area contributed by atoms with E-state index in [0.717, 1.165) is 18.6 Å². The van der Waals surface area contributed by atoms with Crippen LogP contribution < -0.4 is 10.1 Å². The van der Waals surface area contributed by atoms with Crippen LogP contribution in [0.5, 0.6) is 5.75 Å². The van der Waals surface area contributed by atoms with Gasteiger partial charge in [-0.05, 0) is 69.4 Å². The summed E-state index contributed by atoms with van der Waals surface area (Å²) < 4.78 is 32.9. The van der Waals surface area contributed by atoms with Crippen LogP contribution in [0.3, 0.4) is 0 Å². The molecule has 6 nitrogen and oxygen atoms in total. The zero-order chi connectivity index (χ0) is 22.3. The summed E-state index contributed by atoms with van der Waals surface area (Å²) in [4.78, 5) is 12.9. The lowest BCUT2D eigenvalue weighted by atomic mass is 9.99. The van der Waals surface area contributed by atoms with Crippen molar-refractivity contribution >= 4 is 15.9 Å². The monoisotopic (exact) mass is 444 g/mol. The largest absolute Gasteiger partial charge is 0.491 e. The Morgan fingerprint density at radius 1 is 1.16 bits per heavy atom. The lowest BCUT2D eigenvalue weighted by Gasteiger charge is -2.31. The number of nitrogens with zero attached hydrogens (tertiary/aromatic N) is 1. The second-order valence-electron chi connectivity index (χ2n) is 8.22. The molecule has 3 rings (SSSR count). The second kappa shape index (κ2) is 10.8. The molecule has 31 heavy (non-hydrogen) atoms. The third-order valence-corrected chi connectivity index (χ3v) is 7.23. The molecule has 0 unspecified atom stereocenters. The van der Waals surface area contributed by atoms with Crippen LogP contribution in [0.2, 0.25) is 0 Å². The number of aryl methyl sites for hydroxylation is 1. The third kappa shape index (κ3) is 6.55. The molecule has 1 amide bonds. The van der Waals surface area contributed by atoms with Crippen LogP contribution >= 0.6 is 0 Å². The van der Waals surface area contributed by atoms with Gasteiger partial charge in [-0.15, -0.1) is 0 Å². The van der Waals surface area contributed by atoms with Gasteiger partial charge >= 0.3 is 0 Å². The van der Waals surface area contributed by atoms with Crippen molar-refractivity contribution in [3.8, 4) is 5.75 Å². The van der Waals surface area contributed by atoms with Crippen molar-refractivity contribution in [3.63, 3.8) is 0 Å². The smallest absolute Gasteiger partial charge is 0.243 e. The molecule has 1 aliphatic rings. The number of hydrogen-bond donors (Lipinski definition) is 1. The summed E-state index contributed by atoms with van der Waals surface area (Å²) in [6, 6.07) is 16.4. The number of piperidine rings is 1. The maximum absolute atomic E-state index is 12.9. The highest BCUT2D eigenvalue weighted by atomic mass is 32.2. The summed E-state index contributed by atoms with van der Waals surface area (Å²) in [5, 5.41) is 2.99. The lowest BCUT2D eigenvalue weighted by molar-refractivity contribution is -0.126. The van der Waals surface area contributed by atoms with Gasteiger partial charge in [0.05, 0.1) is 16.9 Å². The predicted molar refractivity (Wildman–Crippen MR) is 121 cm³/mol. The standard InChI is InChI=1S/C24H32N2O4S/c1-19(2)30-22-12-6-9-20(17-22)10-7-15-25-24(27)21-11-8-16-26(18-21)31(28,29)23-13-4-3-5-14-23/h3-6,9,12-14,17,19,21H,7-8,10-11,15-16,18H2,1-2H3,(H,25,27)/t21-/m0/s1. The number of nitrogens with one attached hydrogen (secondary N) is 1. The first-order valence-corrected chi connectivity index (χ1v) is 12.4. The maximum Gasteiger partial charge on any atom is 0.243 e. The van der Waals surface area contributed by atoms with E-state index in [-0.39, 0.29) is 29.4 Å². The molecular formula is C24H32N2O4S. The van der Waals surface area contributed by atoms with E-state index in [1.807, 2.05) is 32.0 Å². The Kier molecular flexibility index (Phi) is 8.09. The van der Waals surface area contributed by atoms with Gasteiger partial charge in [-0.1, -0.05) is 30.3 Å². The summed E-state index contributed by atoms with van der Waals surface area (Å²) in [5.41, 5.74) is 1.17. The van der Waals surface area contributed by atoms with Crippen molar-refractivity contribution in [2.75, 3.05) is 19.6 Å². The van der Waals surface area contributed by atoms with Crippen LogP contribution in [-0.4, -0.2) is 44.4 Å². The molecule has 1 fully saturated rings. The van der Waals surface area contributed by atoms with Crippen LogP contribution in [0, 0.1) is 5.92 Å². The van der Waals surface area contributed by atoms with Crippen molar-refractivity contribution in [1.29, 1.82) is 0 Å². The fourth-order valence-electron chi connectivity index (χ4n) is 3.81. The van der Waals surface area contributed by atoms with Gasteiger partial charge in [-0.2, -0.15) is 4.31 Å². The van der Waals surface area contributed by atoms with E-state index >= 15 is 0 Å². The first-order valence-electron chi connectivity index (χ1n) is 10.9.